The van der Waals surface area contributed by atoms with Crippen molar-refractivity contribution in [3.63, 3.8) is 0 Å². The molecule has 0 unspecified atom stereocenters. The normalized spacial score (nSPS) is 21.2. The Morgan fingerprint density at radius 1 is 1.31 bits per heavy atom. The van der Waals surface area contributed by atoms with E-state index in [1.54, 1.807) is 24.3 Å². The summed E-state index contributed by atoms with van der Waals surface area (Å²) in [5, 5.41) is 11.6. The van der Waals surface area contributed by atoms with Gasteiger partial charge >= 0.3 is 35.7 Å². The van der Waals surface area contributed by atoms with Crippen LogP contribution in [0.3, 0.4) is 0 Å². The zero-order valence-electron chi connectivity index (χ0n) is 15.0. The summed E-state index contributed by atoms with van der Waals surface area (Å²) in [5.41, 5.74) is 6.94. The van der Waals surface area contributed by atoms with E-state index in [0.29, 0.717) is 17.6 Å². The number of rotatable bonds is 5. The van der Waals surface area contributed by atoms with Crippen molar-refractivity contribution in [3.8, 4) is 0 Å². The molecule has 0 spiro atoms. The summed E-state index contributed by atoms with van der Waals surface area (Å²) in [6.45, 7) is 3.97. The van der Waals surface area contributed by atoms with Crippen molar-refractivity contribution in [2.24, 2.45) is 17.6 Å². The Bertz CT molecular complexity index is 772. The molecule has 2 aliphatic rings. The maximum atomic E-state index is 12.3. The number of nitrogens with zero attached hydrogens (tertiary/aromatic N) is 1. The Morgan fingerprint density at radius 2 is 1.92 bits per heavy atom. The average Bonchev–Trinajstić information content (AvgIpc) is 2.88. The summed E-state index contributed by atoms with van der Waals surface area (Å²) < 4.78 is 4.72. The maximum Gasteiger partial charge on any atom is 1.00 e. The SMILES string of the molecule is CC(C)[C@H]1C(=O)N2C(C(=O)[O-])=C(c3ccc(COC(N)=O)cc3)C[C@H]12.[Na+]. The van der Waals surface area contributed by atoms with E-state index < -0.39 is 12.1 Å². The number of carbonyl (C=O) groups is 3. The van der Waals surface area contributed by atoms with Gasteiger partial charge in [-0.3, -0.25) is 4.79 Å². The second-order valence-electron chi connectivity index (χ2n) is 6.67. The molecule has 2 atom stereocenters. The molecule has 132 valence electrons. The van der Waals surface area contributed by atoms with Gasteiger partial charge in [-0.1, -0.05) is 38.1 Å². The number of hydrogen-bond donors (Lipinski definition) is 1. The van der Waals surface area contributed by atoms with E-state index in [1.807, 2.05) is 13.8 Å². The second-order valence-corrected chi connectivity index (χ2v) is 6.67. The van der Waals surface area contributed by atoms with Crippen LogP contribution in [0.4, 0.5) is 4.79 Å². The van der Waals surface area contributed by atoms with Crippen LogP contribution in [0.1, 0.15) is 31.4 Å². The number of carboxylic acid groups (broad SMARTS) is 1. The molecule has 1 saturated heterocycles. The standard InChI is InChI=1S/C18H20N2O5.Na/c1-9(2)14-13-7-12(15(17(22)23)20(13)16(14)21)11-5-3-10(4-6-11)8-25-18(19)24;/h3-6,9,13-14H,7-8H2,1-2H3,(H2,19,24)(H,22,23);/q;+1/p-1/t13-,14-;/m1./s1. The number of hydrogen-bond acceptors (Lipinski definition) is 5. The molecule has 26 heavy (non-hydrogen) atoms. The third-order valence-corrected chi connectivity index (χ3v) is 4.80. The molecule has 0 aromatic heterocycles. The van der Waals surface area contributed by atoms with Gasteiger partial charge in [0.15, 0.2) is 0 Å². The van der Waals surface area contributed by atoms with E-state index in [1.165, 1.54) is 4.90 Å². The summed E-state index contributed by atoms with van der Waals surface area (Å²) in [4.78, 5) is 35.9. The first kappa shape index (κ1) is 20.5. The van der Waals surface area contributed by atoms with Crippen LogP contribution in [0.15, 0.2) is 30.0 Å². The monoisotopic (exact) mass is 366 g/mol. The topological polar surface area (TPSA) is 113 Å². The van der Waals surface area contributed by atoms with Gasteiger partial charge in [-0.2, -0.15) is 0 Å². The molecular weight excluding hydrogens is 347 g/mol. The van der Waals surface area contributed by atoms with E-state index >= 15 is 0 Å². The zero-order valence-corrected chi connectivity index (χ0v) is 17.0. The minimum Gasteiger partial charge on any atom is -0.543 e. The van der Waals surface area contributed by atoms with Crippen LogP contribution in [0, 0.1) is 11.8 Å². The molecule has 7 nitrogen and oxygen atoms in total. The Labute approximate surface area is 173 Å². The minimum atomic E-state index is -1.34. The van der Waals surface area contributed by atoms with E-state index in [4.69, 9.17) is 10.5 Å². The summed E-state index contributed by atoms with van der Waals surface area (Å²) in [5.74, 6) is -1.49. The predicted octanol–water partition coefficient (Wildman–Crippen LogP) is -2.37. The second kappa shape index (κ2) is 7.82. The van der Waals surface area contributed by atoms with Crippen molar-refractivity contribution in [1.29, 1.82) is 0 Å². The van der Waals surface area contributed by atoms with Gasteiger partial charge < -0.3 is 25.3 Å². The molecule has 1 aromatic carbocycles. The van der Waals surface area contributed by atoms with Crippen molar-refractivity contribution < 1.29 is 53.8 Å². The van der Waals surface area contributed by atoms with E-state index in [0.717, 1.165) is 5.56 Å². The largest absolute Gasteiger partial charge is 1.00 e. The molecule has 2 N–H and O–H groups in total. The van der Waals surface area contributed by atoms with E-state index in [2.05, 4.69) is 0 Å². The molecule has 0 bridgehead atoms. The number of benzene rings is 1. The number of primary amides is 1. The molecule has 0 aliphatic carbocycles. The summed E-state index contributed by atoms with van der Waals surface area (Å²) >= 11 is 0. The first-order chi connectivity index (χ1) is 11.8. The Balaban J connectivity index is 0.00000243. The molecule has 1 fully saturated rings. The maximum absolute atomic E-state index is 12.3. The van der Waals surface area contributed by atoms with Gasteiger partial charge in [0.25, 0.3) is 0 Å². The smallest absolute Gasteiger partial charge is 0.543 e. The van der Waals surface area contributed by atoms with Gasteiger partial charge in [0.1, 0.15) is 6.61 Å². The Hall–Kier alpha value is -1.83. The van der Waals surface area contributed by atoms with Crippen LogP contribution in [-0.2, 0) is 20.9 Å². The Kier molecular flexibility index (Phi) is 6.16. The molecule has 0 radical (unpaired) electrons. The molecular formula is C18H19N2NaO5. The fourth-order valence-electron chi connectivity index (χ4n) is 3.67. The fraction of sp³-hybridized carbons (Fsp3) is 0.389. The first-order valence-corrected chi connectivity index (χ1v) is 8.10. The molecule has 2 heterocycles. The van der Waals surface area contributed by atoms with Crippen LogP contribution in [-0.4, -0.2) is 28.9 Å². The number of carboxylic acids is 1. The van der Waals surface area contributed by atoms with Gasteiger partial charge in [-0.15, -0.1) is 0 Å². The van der Waals surface area contributed by atoms with Gasteiger partial charge in [0.05, 0.1) is 23.6 Å². The molecule has 8 heteroatoms. The number of carbonyl (C=O) groups excluding carboxylic acids is 3. The first-order valence-electron chi connectivity index (χ1n) is 8.10. The van der Waals surface area contributed by atoms with Crippen molar-refractivity contribution >= 4 is 23.5 Å². The van der Waals surface area contributed by atoms with Crippen LogP contribution in [0.25, 0.3) is 5.57 Å². The predicted molar refractivity (Wildman–Crippen MR) is 86.3 cm³/mol. The van der Waals surface area contributed by atoms with Crippen LogP contribution in [0.2, 0.25) is 0 Å². The van der Waals surface area contributed by atoms with Gasteiger partial charge in [-0.05, 0) is 29.0 Å². The van der Waals surface area contributed by atoms with Gasteiger partial charge in [-0.25, -0.2) is 4.79 Å². The number of aliphatic carboxylic acids is 1. The molecule has 1 aromatic rings. The van der Waals surface area contributed by atoms with E-state index in [-0.39, 0.29) is 65.6 Å². The molecule has 3 rings (SSSR count). The van der Waals surface area contributed by atoms with Crippen molar-refractivity contribution in [1.82, 2.24) is 4.90 Å². The van der Waals surface area contributed by atoms with Crippen LogP contribution >= 0.6 is 0 Å². The molecule has 2 aliphatic heterocycles. The van der Waals surface area contributed by atoms with Gasteiger partial charge in [0.2, 0.25) is 5.91 Å². The van der Waals surface area contributed by atoms with Crippen molar-refractivity contribution in [2.45, 2.75) is 32.9 Å². The molecule has 0 saturated carbocycles. The number of fused-ring (bicyclic) bond motifs is 1. The summed E-state index contributed by atoms with van der Waals surface area (Å²) in [7, 11) is 0. The minimum absolute atomic E-state index is 0. The van der Waals surface area contributed by atoms with Crippen LogP contribution < -0.4 is 40.4 Å². The number of ether oxygens (including phenoxy) is 1. The third-order valence-electron chi connectivity index (χ3n) is 4.80. The fourth-order valence-corrected chi connectivity index (χ4v) is 3.67. The Morgan fingerprint density at radius 3 is 2.42 bits per heavy atom. The zero-order chi connectivity index (χ0) is 18.3. The van der Waals surface area contributed by atoms with E-state index in [9.17, 15) is 19.5 Å². The third kappa shape index (κ3) is 3.51. The van der Waals surface area contributed by atoms with Crippen molar-refractivity contribution in [2.75, 3.05) is 0 Å². The summed E-state index contributed by atoms with van der Waals surface area (Å²) in [6.07, 6.45) is -0.362. The number of nitrogens with two attached hydrogens (primary N) is 1. The quantitative estimate of drug-likeness (QED) is 0.462. The van der Waals surface area contributed by atoms with Crippen molar-refractivity contribution in [3.05, 3.63) is 41.1 Å². The molecule has 2 amide bonds. The number of amides is 2. The van der Waals surface area contributed by atoms with Crippen LogP contribution in [0.5, 0.6) is 0 Å². The number of β-lactam (4-membered cyclic amide) rings is 1. The average molecular weight is 366 g/mol. The van der Waals surface area contributed by atoms with Gasteiger partial charge in [0, 0.05) is 0 Å². The summed E-state index contributed by atoms with van der Waals surface area (Å²) in [6, 6.07) is 6.84.